The molecule has 0 aliphatic carbocycles. The van der Waals surface area contributed by atoms with Crippen molar-refractivity contribution in [1.82, 2.24) is 15.4 Å². The first kappa shape index (κ1) is 21.9. The summed E-state index contributed by atoms with van der Waals surface area (Å²) in [6, 6.07) is 4.57. The highest BCUT2D eigenvalue weighted by Crippen LogP contribution is 2.15. The van der Waals surface area contributed by atoms with Crippen LogP contribution in [0.4, 0.5) is 0 Å². The zero-order valence-electron chi connectivity index (χ0n) is 13.8. The van der Waals surface area contributed by atoms with Gasteiger partial charge in [-0.05, 0) is 37.6 Å². The Morgan fingerprint density at radius 2 is 1.83 bits per heavy atom. The fraction of sp³-hybridized carbons (Fsp3) is 0.533. The molecule has 0 aliphatic heterocycles. The van der Waals surface area contributed by atoms with E-state index in [0.717, 1.165) is 18.5 Å². The van der Waals surface area contributed by atoms with Gasteiger partial charge in [0.05, 0.1) is 4.90 Å². The molecule has 23 heavy (non-hydrogen) atoms. The van der Waals surface area contributed by atoms with E-state index in [1.54, 1.807) is 19.9 Å². The smallest absolute Gasteiger partial charge is 0.251 e. The van der Waals surface area contributed by atoms with Crippen LogP contribution in [-0.4, -0.2) is 40.5 Å². The fourth-order valence-electron chi connectivity index (χ4n) is 1.95. The SMILES string of the molecule is CCCNCCNC(=O)c1cc(S(=O)(=O)NCC)ccc1C.Cl. The molecule has 0 spiro atoms. The van der Waals surface area contributed by atoms with E-state index in [9.17, 15) is 13.2 Å². The monoisotopic (exact) mass is 363 g/mol. The summed E-state index contributed by atoms with van der Waals surface area (Å²) in [6.07, 6.45) is 1.04. The summed E-state index contributed by atoms with van der Waals surface area (Å²) in [5, 5.41) is 5.98. The summed E-state index contributed by atoms with van der Waals surface area (Å²) in [4.78, 5) is 12.3. The molecule has 1 rings (SSSR count). The lowest BCUT2D eigenvalue weighted by Gasteiger charge is -2.11. The van der Waals surface area contributed by atoms with Crippen LogP contribution >= 0.6 is 12.4 Å². The average molecular weight is 364 g/mol. The number of benzene rings is 1. The van der Waals surface area contributed by atoms with E-state index in [-0.39, 0.29) is 23.2 Å². The first-order valence-electron chi connectivity index (χ1n) is 7.51. The van der Waals surface area contributed by atoms with Gasteiger partial charge in [-0.25, -0.2) is 13.1 Å². The van der Waals surface area contributed by atoms with Crippen LogP contribution in [0.1, 0.15) is 36.2 Å². The first-order valence-corrected chi connectivity index (χ1v) is 9.00. The molecular weight excluding hydrogens is 338 g/mol. The molecule has 0 bridgehead atoms. The molecule has 3 N–H and O–H groups in total. The summed E-state index contributed by atoms with van der Waals surface area (Å²) >= 11 is 0. The van der Waals surface area contributed by atoms with Gasteiger partial charge in [0, 0.05) is 25.2 Å². The van der Waals surface area contributed by atoms with E-state index in [1.165, 1.54) is 12.1 Å². The molecule has 0 saturated heterocycles. The number of amides is 1. The Morgan fingerprint density at radius 3 is 2.43 bits per heavy atom. The second-order valence-electron chi connectivity index (χ2n) is 4.98. The Morgan fingerprint density at radius 1 is 1.13 bits per heavy atom. The third-order valence-electron chi connectivity index (χ3n) is 3.11. The highest BCUT2D eigenvalue weighted by Gasteiger charge is 2.16. The quantitative estimate of drug-likeness (QED) is 0.579. The molecular formula is C15H26ClN3O3S. The molecule has 0 heterocycles. The summed E-state index contributed by atoms with van der Waals surface area (Å²) in [6.45, 7) is 7.98. The van der Waals surface area contributed by atoms with E-state index in [0.29, 0.717) is 25.2 Å². The molecule has 0 aromatic heterocycles. The number of carbonyl (C=O) groups is 1. The maximum absolute atomic E-state index is 12.2. The molecule has 1 amide bonds. The lowest BCUT2D eigenvalue weighted by molar-refractivity contribution is 0.0953. The van der Waals surface area contributed by atoms with Crippen LogP contribution in [0.3, 0.4) is 0 Å². The Hall–Kier alpha value is -1.15. The normalized spacial score (nSPS) is 10.9. The first-order chi connectivity index (χ1) is 10.4. The average Bonchev–Trinajstić information content (AvgIpc) is 2.47. The van der Waals surface area contributed by atoms with Crippen molar-refractivity contribution in [2.45, 2.75) is 32.1 Å². The molecule has 8 heteroatoms. The molecule has 132 valence electrons. The van der Waals surface area contributed by atoms with Gasteiger partial charge in [0.2, 0.25) is 10.0 Å². The van der Waals surface area contributed by atoms with Crippen LogP contribution < -0.4 is 15.4 Å². The molecule has 0 unspecified atom stereocenters. The molecule has 1 aromatic rings. The highest BCUT2D eigenvalue weighted by molar-refractivity contribution is 7.89. The Balaban J connectivity index is 0.00000484. The second kappa shape index (κ2) is 10.6. The minimum atomic E-state index is -3.56. The topological polar surface area (TPSA) is 87.3 Å². The van der Waals surface area contributed by atoms with Gasteiger partial charge in [-0.3, -0.25) is 4.79 Å². The lowest BCUT2D eigenvalue weighted by Crippen LogP contribution is -2.32. The number of halogens is 1. The minimum Gasteiger partial charge on any atom is -0.351 e. The van der Waals surface area contributed by atoms with Crippen molar-refractivity contribution in [2.24, 2.45) is 0 Å². The highest BCUT2D eigenvalue weighted by atomic mass is 35.5. The van der Waals surface area contributed by atoms with Gasteiger partial charge in [0.1, 0.15) is 0 Å². The molecule has 0 saturated carbocycles. The van der Waals surface area contributed by atoms with Gasteiger partial charge >= 0.3 is 0 Å². The summed E-state index contributed by atoms with van der Waals surface area (Å²) in [7, 11) is -3.56. The Bertz CT molecular complexity index is 606. The molecule has 0 fully saturated rings. The van der Waals surface area contributed by atoms with Crippen LogP contribution in [-0.2, 0) is 10.0 Å². The number of carbonyl (C=O) groups excluding carboxylic acids is 1. The van der Waals surface area contributed by atoms with Gasteiger partial charge in [0.25, 0.3) is 5.91 Å². The number of nitrogens with one attached hydrogen (secondary N) is 3. The van der Waals surface area contributed by atoms with E-state index in [2.05, 4.69) is 22.3 Å². The van der Waals surface area contributed by atoms with Crippen molar-refractivity contribution in [1.29, 1.82) is 0 Å². The number of hydrogen-bond donors (Lipinski definition) is 3. The summed E-state index contributed by atoms with van der Waals surface area (Å²) in [5.41, 5.74) is 1.13. The van der Waals surface area contributed by atoms with Crippen molar-refractivity contribution in [3.63, 3.8) is 0 Å². The van der Waals surface area contributed by atoms with E-state index >= 15 is 0 Å². The molecule has 0 aliphatic rings. The van der Waals surface area contributed by atoms with Crippen molar-refractivity contribution < 1.29 is 13.2 Å². The zero-order valence-corrected chi connectivity index (χ0v) is 15.4. The van der Waals surface area contributed by atoms with Gasteiger partial charge in [-0.15, -0.1) is 12.4 Å². The predicted octanol–water partition coefficient (Wildman–Crippen LogP) is 1.44. The van der Waals surface area contributed by atoms with Gasteiger partial charge in [0.15, 0.2) is 0 Å². The van der Waals surface area contributed by atoms with Gasteiger partial charge in [-0.2, -0.15) is 0 Å². The van der Waals surface area contributed by atoms with Crippen LogP contribution in [0.5, 0.6) is 0 Å². The lowest BCUT2D eigenvalue weighted by atomic mass is 10.1. The maximum Gasteiger partial charge on any atom is 0.251 e. The number of rotatable bonds is 9. The van der Waals surface area contributed by atoms with Crippen molar-refractivity contribution in [3.8, 4) is 0 Å². The Labute approximate surface area is 144 Å². The minimum absolute atomic E-state index is 0. The van der Waals surface area contributed by atoms with E-state index in [1.807, 2.05) is 0 Å². The predicted molar refractivity (Wildman–Crippen MR) is 94.8 cm³/mol. The van der Waals surface area contributed by atoms with Crippen LogP contribution in [0, 0.1) is 6.92 Å². The number of hydrogen-bond acceptors (Lipinski definition) is 4. The zero-order chi connectivity index (χ0) is 16.6. The second-order valence-corrected chi connectivity index (χ2v) is 6.75. The summed E-state index contributed by atoms with van der Waals surface area (Å²) < 4.78 is 26.4. The third-order valence-corrected chi connectivity index (χ3v) is 4.66. The van der Waals surface area contributed by atoms with E-state index < -0.39 is 10.0 Å². The largest absolute Gasteiger partial charge is 0.351 e. The van der Waals surface area contributed by atoms with Crippen LogP contribution in [0.2, 0.25) is 0 Å². The van der Waals surface area contributed by atoms with Gasteiger partial charge in [-0.1, -0.05) is 19.9 Å². The van der Waals surface area contributed by atoms with Crippen molar-refractivity contribution in [2.75, 3.05) is 26.2 Å². The Kier molecular flexibility index (Phi) is 10.1. The summed E-state index contributed by atoms with van der Waals surface area (Å²) in [5.74, 6) is -0.260. The standard InChI is InChI=1S/C15H25N3O3S.ClH/c1-4-8-16-9-10-17-15(19)14-11-13(7-6-12(14)3)22(20,21)18-5-2;/h6-7,11,16,18H,4-5,8-10H2,1-3H3,(H,17,19);1H. The number of aryl methyl sites for hydroxylation is 1. The van der Waals surface area contributed by atoms with Crippen LogP contribution in [0.15, 0.2) is 23.1 Å². The number of sulfonamides is 1. The molecule has 0 radical (unpaired) electrons. The fourth-order valence-corrected chi connectivity index (χ4v) is 3.01. The van der Waals surface area contributed by atoms with Crippen molar-refractivity contribution >= 4 is 28.3 Å². The third kappa shape index (κ3) is 6.87. The molecule has 1 aromatic carbocycles. The molecule has 6 nitrogen and oxygen atoms in total. The van der Waals surface area contributed by atoms with Gasteiger partial charge < -0.3 is 10.6 Å². The maximum atomic E-state index is 12.2. The van der Waals surface area contributed by atoms with Crippen LogP contribution in [0.25, 0.3) is 0 Å². The molecule has 0 atom stereocenters. The van der Waals surface area contributed by atoms with E-state index in [4.69, 9.17) is 0 Å². The van der Waals surface area contributed by atoms with Crippen molar-refractivity contribution in [3.05, 3.63) is 29.3 Å².